The molecule has 0 spiro atoms. The lowest BCUT2D eigenvalue weighted by Gasteiger charge is -2.31. The van der Waals surface area contributed by atoms with E-state index in [0.717, 1.165) is 0 Å². The van der Waals surface area contributed by atoms with E-state index in [1.54, 1.807) is 6.92 Å². The first-order valence-corrected chi connectivity index (χ1v) is 4.21. The third-order valence-corrected chi connectivity index (χ3v) is 2.77. The smallest absolute Gasteiger partial charge is 0.380 e. The summed E-state index contributed by atoms with van der Waals surface area (Å²) in [5, 5.41) is 9.36. The average molecular weight is 182 g/mol. The monoisotopic (exact) mass is 182 g/mol. The molecule has 2 atom stereocenters. The van der Waals surface area contributed by atoms with Crippen molar-refractivity contribution in [3.8, 4) is 0 Å². The van der Waals surface area contributed by atoms with Crippen LogP contribution in [0, 0.1) is 5.92 Å². The van der Waals surface area contributed by atoms with E-state index in [2.05, 4.69) is 0 Å². The Hall–Kier alpha value is -0.250. The van der Waals surface area contributed by atoms with E-state index in [1.807, 2.05) is 0 Å². The molecule has 1 fully saturated rings. The van der Waals surface area contributed by atoms with Crippen molar-refractivity contribution in [3.63, 3.8) is 0 Å². The Bertz CT molecular complexity index is 166. The summed E-state index contributed by atoms with van der Waals surface area (Å²) in [7, 11) is 0. The molecule has 0 bridgehead atoms. The number of aliphatic hydroxyl groups is 1. The van der Waals surface area contributed by atoms with Crippen LogP contribution in [0.4, 0.5) is 13.2 Å². The first-order valence-electron chi connectivity index (χ1n) is 4.21. The lowest BCUT2D eigenvalue weighted by atomic mass is 9.88. The van der Waals surface area contributed by atoms with Crippen LogP contribution < -0.4 is 0 Å². The van der Waals surface area contributed by atoms with Crippen molar-refractivity contribution in [1.82, 2.24) is 0 Å². The molecular formula is C8H13F3O. The van der Waals surface area contributed by atoms with Gasteiger partial charge in [-0.2, -0.15) is 13.2 Å². The Morgan fingerprint density at radius 3 is 2.42 bits per heavy atom. The zero-order valence-corrected chi connectivity index (χ0v) is 6.99. The van der Waals surface area contributed by atoms with Crippen molar-refractivity contribution in [1.29, 1.82) is 0 Å². The first-order chi connectivity index (χ1) is 5.42. The van der Waals surface area contributed by atoms with Crippen molar-refractivity contribution in [2.24, 2.45) is 5.92 Å². The van der Waals surface area contributed by atoms with Gasteiger partial charge in [0.2, 0.25) is 0 Å². The van der Waals surface area contributed by atoms with Crippen LogP contribution in [0.25, 0.3) is 0 Å². The molecule has 0 radical (unpaired) electrons. The largest absolute Gasteiger partial charge is 0.417 e. The van der Waals surface area contributed by atoms with Crippen LogP contribution in [0.3, 0.4) is 0 Å². The van der Waals surface area contributed by atoms with Crippen LogP contribution in [0.15, 0.2) is 0 Å². The van der Waals surface area contributed by atoms with Gasteiger partial charge >= 0.3 is 6.18 Å². The maximum Gasteiger partial charge on any atom is 0.417 e. The summed E-state index contributed by atoms with van der Waals surface area (Å²) in [6.07, 6.45) is -3.21. The van der Waals surface area contributed by atoms with Gasteiger partial charge in [0.1, 0.15) is 0 Å². The Balaban J connectivity index is 2.82. The van der Waals surface area contributed by atoms with Gasteiger partial charge in [0.05, 0.1) is 0 Å². The van der Waals surface area contributed by atoms with Crippen molar-refractivity contribution in [2.45, 2.75) is 44.4 Å². The molecule has 12 heavy (non-hydrogen) atoms. The minimum atomic E-state index is -4.45. The highest BCUT2D eigenvalue weighted by molar-refractivity contribution is 4.97. The standard InChI is InChI=1S/C8H13F3O/c1-2-6-4-3-5-7(6,12)8(9,10)11/h6,12H,2-5H2,1H3. The van der Waals surface area contributed by atoms with E-state index >= 15 is 0 Å². The van der Waals surface area contributed by atoms with Gasteiger partial charge in [0, 0.05) is 0 Å². The van der Waals surface area contributed by atoms with Gasteiger partial charge in [0.15, 0.2) is 5.60 Å². The zero-order chi connectivity index (χ0) is 9.41. The number of hydrogen-bond donors (Lipinski definition) is 1. The molecule has 1 aliphatic rings. The van der Waals surface area contributed by atoms with Crippen molar-refractivity contribution in [2.75, 3.05) is 0 Å². The molecule has 1 saturated carbocycles. The number of halogens is 3. The van der Waals surface area contributed by atoms with E-state index in [-0.39, 0.29) is 6.42 Å². The second kappa shape index (κ2) is 2.91. The lowest BCUT2D eigenvalue weighted by molar-refractivity contribution is -0.272. The third-order valence-electron chi connectivity index (χ3n) is 2.77. The zero-order valence-electron chi connectivity index (χ0n) is 6.99. The summed E-state index contributed by atoms with van der Waals surface area (Å²) in [5.41, 5.74) is -2.40. The summed E-state index contributed by atoms with van der Waals surface area (Å²) in [4.78, 5) is 0. The van der Waals surface area contributed by atoms with Crippen molar-refractivity contribution in [3.05, 3.63) is 0 Å². The molecule has 1 nitrogen and oxygen atoms in total. The summed E-state index contributed by atoms with van der Waals surface area (Å²) in [5.74, 6) is -0.600. The number of alkyl halides is 3. The fourth-order valence-electron chi connectivity index (χ4n) is 1.98. The second-order valence-electron chi connectivity index (χ2n) is 3.42. The maximum absolute atomic E-state index is 12.3. The third kappa shape index (κ3) is 1.32. The molecule has 4 heteroatoms. The van der Waals surface area contributed by atoms with Crippen LogP contribution >= 0.6 is 0 Å². The van der Waals surface area contributed by atoms with E-state index in [4.69, 9.17) is 0 Å². The topological polar surface area (TPSA) is 20.2 Å². The molecular weight excluding hydrogens is 169 g/mol. The Kier molecular flexibility index (Phi) is 2.38. The summed E-state index contributed by atoms with van der Waals surface area (Å²) >= 11 is 0. The molecule has 1 rings (SSSR count). The van der Waals surface area contributed by atoms with Crippen LogP contribution in [0.5, 0.6) is 0 Å². The predicted molar refractivity (Wildman–Crippen MR) is 38.6 cm³/mol. The highest BCUT2D eigenvalue weighted by Gasteiger charge is 2.59. The van der Waals surface area contributed by atoms with E-state index in [0.29, 0.717) is 19.3 Å². The maximum atomic E-state index is 12.3. The predicted octanol–water partition coefficient (Wildman–Crippen LogP) is 2.49. The van der Waals surface area contributed by atoms with Gasteiger partial charge in [-0.15, -0.1) is 0 Å². The Labute approximate surface area is 69.6 Å². The molecule has 0 aromatic heterocycles. The van der Waals surface area contributed by atoms with Gasteiger partial charge < -0.3 is 5.11 Å². The highest BCUT2D eigenvalue weighted by Crippen LogP contribution is 2.47. The van der Waals surface area contributed by atoms with Gasteiger partial charge in [-0.25, -0.2) is 0 Å². The molecule has 0 aliphatic heterocycles. The van der Waals surface area contributed by atoms with Gasteiger partial charge in [0.25, 0.3) is 0 Å². The molecule has 72 valence electrons. The minimum absolute atomic E-state index is 0.130. The molecule has 0 saturated heterocycles. The van der Waals surface area contributed by atoms with Crippen LogP contribution in [-0.4, -0.2) is 16.9 Å². The molecule has 0 heterocycles. The fraction of sp³-hybridized carbons (Fsp3) is 1.00. The summed E-state index contributed by atoms with van der Waals surface area (Å²) < 4.78 is 37.0. The average Bonchev–Trinajstić information content (AvgIpc) is 2.30. The Morgan fingerprint density at radius 2 is 2.08 bits per heavy atom. The molecule has 0 amide bonds. The van der Waals surface area contributed by atoms with Crippen molar-refractivity contribution >= 4 is 0 Å². The summed E-state index contributed by atoms with van der Waals surface area (Å²) in [6.45, 7) is 1.69. The van der Waals surface area contributed by atoms with Crippen LogP contribution in [0.2, 0.25) is 0 Å². The van der Waals surface area contributed by atoms with Gasteiger partial charge in [-0.3, -0.25) is 0 Å². The SMILES string of the molecule is CCC1CCCC1(O)C(F)(F)F. The minimum Gasteiger partial charge on any atom is -0.380 e. The quantitative estimate of drug-likeness (QED) is 0.660. The van der Waals surface area contributed by atoms with Crippen LogP contribution in [0.1, 0.15) is 32.6 Å². The number of hydrogen-bond acceptors (Lipinski definition) is 1. The van der Waals surface area contributed by atoms with Crippen LogP contribution in [-0.2, 0) is 0 Å². The lowest BCUT2D eigenvalue weighted by Crippen LogP contribution is -2.47. The Morgan fingerprint density at radius 1 is 1.50 bits per heavy atom. The van der Waals surface area contributed by atoms with E-state index < -0.39 is 17.7 Å². The van der Waals surface area contributed by atoms with Gasteiger partial charge in [-0.05, 0) is 25.2 Å². The van der Waals surface area contributed by atoms with E-state index in [1.165, 1.54) is 0 Å². The second-order valence-corrected chi connectivity index (χ2v) is 3.42. The fourth-order valence-corrected chi connectivity index (χ4v) is 1.98. The molecule has 1 aliphatic carbocycles. The highest BCUT2D eigenvalue weighted by atomic mass is 19.4. The van der Waals surface area contributed by atoms with Crippen molar-refractivity contribution < 1.29 is 18.3 Å². The molecule has 0 aromatic carbocycles. The summed E-state index contributed by atoms with van der Waals surface area (Å²) in [6, 6.07) is 0. The van der Waals surface area contributed by atoms with E-state index in [9.17, 15) is 18.3 Å². The normalized spacial score (nSPS) is 37.2. The number of rotatable bonds is 1. The molecule has 0 aromatic rings. The molecule has 1 N–H and O–H groups in total. The first kappa shape index (κ1) is 9.84. The van der Waals surface area contributed by atoms with Gasteiger partial charge in [-0.1, -0.05) is 13.3 Å². The molecule has 2 unspecified atom stereocenters.